The number of hydrogen-bond acceptors (Lipinski definition) is 3. The third kappa shape index (κ3) is 1.69. The average molecular weight is 180 g/mol. The lowest BCUT2D eigenvalue weighted by molar-refractivity contribution is -0.386. The first kappa shape index (κ1) is 7.85. The van der Waals surface area contributed by atoms with Crippen molar-refractivity contribution in [1.29, 1.82) is 0 Å². The SMILES string of the molecule is O=C1COC=[N+]1[N-]C=C1CC=CO1. The minimum atomic E-state index is -0.178. The molecule has 0 saturated carbocycles. The highest BCUT2D eigenvalue weighted by Crippen LogP contribution is 2.14. The Bertz CT molecular complexity index is 307. The molecule has 0 radical (unpaired) electrons. The summed E-state index contributed by atoms with van der Waals surface area (Å²) >= 11 is 0. The molecule has 68 valence electrons. The second-order valence-corrected chi connectivity index (χ2v) is 2.56. The normalized spacial score (nSPS) is 22.9. The van der Waals surface area contributed by atoms with Crippen molar-refractivity contribution in [2.45, 2.75) is 6.42 Å². The fraction of sp³-hybridized carbons (Fsp3) is 0.250. The number of carbonyl (C=O) groups is 1. The van der Waals surface area contributed by atoms with Crippen molar-refractivity contribution in [2.75, 3.05) is 6.61 Å². The second-order valence-electron chi connectivity index (χ2n) is 2.56. The van der Waals surface area contributed by atoms with Gasteiger partial charge in [-0.1, -0.05) is 6.20 Å². The molecule has 2 rings (SSSR count). The molecule has 0 aromatic heterocycles. The van der Waals surface area contributed by atoms with Gasteiger partial charge in [-0.05, 0) is 6.08 Å². The fourth-order valence-electron chi connectivity index (χ4n) is 0.953. The molecule has 0 spiro atoms. The summed E-state index contributed by atoms with van der Waals surface area (Å²) in [4.78, 5) is 11.0. The molecular formula is C8H8N2O3. The standard InChI is InChI=1S/C8H8N2O3/c11-8-5-12-6-10(8)9-4-7-2-1-3-13-7/h1,3-4,6H,2,5H2. The van der Waals surface area contributed by atoms with Gasteiger partial charge in [0.05, 0.1) is 12.0 Å². The van der Waals surface area contributed by atoms with E-state index in [1.54, 1.807) is 6.26 Å². The highest BCUT2D eigenvalue weighted by molar-refractivity contribution is 5.77. The van der Waals surface area contributed by atoms with Crippen LogP contribution in [0.2, 0.25) is 0 Å². The second kappa shape index (κ2) is 3.30. The fourth-order valence-corrected chi connectivity index (χ4v) is 0.953. The molecule has 2 aliphatic heterocycles. The van der Waals surface area contributed by atoms with Crippen molar-refractivity contribution in [3.63, 3.8) is 0 Å². The van der Waals surface area contributed by atoms with E-state index in [1.165, 1.54) is 12.6 Å². The van der Waals surface area contributed by atoms with Gasteiger partial charge in [0, 0.05) is 6.42 Å². The maximum absolute atomic E-state index is 11.0. The van der Waals surface area contributed by atoms with Gasteiger partial charge in [0.25, 0.3) is 0 Å². The highest BCUT2D eigenvalue weighted by atomic mass is 16.5. The van der Waals surface area contributed by atoms with Crippen LogP contribution in [-0.2, 0) is 14.3 Å². The maximum Gasteiger partial charge on any atom is 0.423 e. The first-order valence-corrected chi connectivity index (χ1v) is 3.85. The first-order valence-electron chi connectivity index (χ1n) is 3.85. The first-order chi connectivity index (χ1) is 6.36. The Balaban J connectivity index is 1.92. The van der Waals surface area contributed by atoms with Gasteiger partial charge in [-0.15, -0.1) is 0 Å². The molecule has 0 fully saturated rings. The Morgan fingerprint density at radius 3 is 3.15 bits per heavy atom. The van der Waals surface area contributed by atoms with Gasteiger partial charge in [0.2, 0.25) is 6.61 Å². The zero-order valence-corrected chi connectivity index (χ0v) is 6.84. The number of rotatable bonds is 2. The Morgan fingerprint density at radius 2 is 2.54 bits per heavy atom. The molecule has 5 heteroatoms. The summed E-state index contributed by atoms with van der Waals surface area (Å²) in [5.41, 5.74) is 3.86. The van der Waals surface area contributed by atoms with Gasteiger partial charge in [-0.25, -0.2) is 4.79 Å². The van der Waals surface area contributed by atoms with E-state index in [0.29, 0.717) is 12.2 Å². The maximum atomic E-state index is 11.0. The summed E-state index contributed by atoms with van der Waals surface area (Å²) in [5, 5.41) is 0. The van der Waals surface area contributed by atoms with Crippen LogP contribution in [0.5, 0.6) is 0 Å². The van der Waals surface area contributed by atoms with Crippen LogP contribution in [0.1, 0.15) is 6.42 Å². The number of ether oxygens (including phenoxy) is 2. The van der Waals surface area contributed by atoms with Gasteiger partial charge in [0.15, 0.2) is 0 Å². The molecule has 13 heavy (non-hydrogen) atoms. The van der Waals surface area contributed by atoms with E-state index in [0.717, 1.165) is 4.68 Å². The predicted molar refractivity (Wildman–Crippen MR) is 43.6 cm³/mol. The summed E-state index contributed by atoms with van der Waals surface area (Å²) in [5.74, 6) is 0.538. The van der Waals surface area contributed by atoms with Crippen molar-refractivity contribution in [3.8, 4) is 0 Å². The summed E-state index contributed by atoms with van der Waals surface area (Å²) in [6.07, 6.45) is 6.96. The zero-order valence-electron chi connectivity index (χ0n) is 6.84. The van der Waals surface area contributed by atoms with E-state index in [4.69, 9.17) is 9.47 Å². The van der Waals surface area contributed by atoms with E-state index in [9.17, 15) is 4.79 Å². The summed E-state index contributed by atoms with van der Waals surface area (Å²) in [6.45, 7) is 0.0613. The number of nitrogens with zero attached hydrogens (tertiary/aromatic N) is 2. The summed E-state index contributed by atoms with van der Waals surface area (Å²) in [7, 11) is 0. The smallest absolute Gasteiger partial charge is 0.423 e. The van der Waals surface area contributed by atoms with Gasteiger partial charge in [0.1, 0.15) is 0 Å². The lowest BCUT2D eigenvalue weighted by Gasteiger charge is -2.06. The van der Waals surface area contributed by atoms with Crippen molar-refractivity contribution in [1.82, 2.24) is 0 Å². The topological polar surface area (TPSA) is 52.6 Å². The van der Waals surface area contributed by atoms with Crippen molar-refractivity contribution in [2.24, 2.45) is 0 Å². The molecule has 0 N–H and O–H groups in total. The minimum Gasteiger partial charge on any atom is -0.471 e. The van der Waals surface area contributed by atoms with Crippen molar-refractivity contribution in [3.05, 3.63) is 29.7 Å². The minimum absolute atomic E-state index is 0.0613. The molecule has 1 amide bonds. The lowest BCUT2D eigenvalue weighted by atomic mass is 10.4. The Labute approximate surface area is 74.9 Å². The van der Waals surface area contributed by atoms with Crippen LogP contribution in [0, 0.1) is 0 Å². The van der Waals surface area contributed by atoms with E-state index in [1.807, 2.05) is 6.08 Å². The van der Waals surface area contributed by atoms with Crippen LogP contribution in [0.15, 0.2) is 24.3 Å². The molecule has 0 aliphatic carbocycles. The molecular weight excluding hydrogens is 172 g/mol. The number of amides is 1. The molecule has 2 heterocycles. The van der Waals surface area contributed by atoms with E-state index in [-0.39, 0.29) is 12.5 Å². The molecule has 0 unspecified atom stereocenters. The van der Waals surface area contributed by atoms with E-state index >= 15 is 0 Å². The third-order valence-electron chi connectivity index (χ3n) is 1.60. The monoisotopic (exact) mass is 180 g/mol. The molecule has 0 saturated heterocycles. The molecule has 2 aliphatic rings. The Morgan fingerprint density at radius 1 is 1.62 bits per heavy atom. The van der Waals surface area contributed by atoms with Crippen LogP contribution in [0.25, 0.3) is 5.43 Å². The van der Waals surface area contributed by atoms with Crippen LogP contribution in [0.3, 0.4) is 0 Å². The molecule has 0 bridgehead atoms. The van der Waals surface area contributed by atoms with Gasteiger partial charge in [-0.2, -0.15) is 4.68 Å². The summed E-state index contributed by atoms with van der Waals surface area (Å²) in [6, 6.07) is 0. The summed E-state index contributed by atoms with van der Waals surface area (Å²) < 4.78 is 10.9. The molecule has 5 nitrogen and oxygen atoms in total. The largest absolute Gasteiger partial charge is 0.471 e. The van der Waals surface area contributed by atoms with Crippen LogP contribution < -0.4 is 0 Å². The molecule has 0 aromatic carbocycles. The van der Waals surface area contributed by atoms with Crippen LogP contribution in [-0.4, -0.2) is 23.6 Å². The third-order valence-corrected chi connectivity index (χ3v) is 1.60. The lowest BCUT2D eigenvalue weighted by Crippen LogP contribution is -2.11. The zero-order chi connectivity index (χ0) is 9.10. The Kier molecular flexibility index (Phi) is 1.99. The average Bonchev–Trinajstić information content (AvgIpc) is 2.72. The van der Waals surface area contributed by atoms with Crippen molar-refractivity contribution >= 4 is 12.3 Å². The van der Waals surface area contributed by atoms with Gasteiger partial charge >= 0.3 is 12.3 Å². The van der Waals surface area contributed by atoms with E-state index < -0.39 is 0 Å². The Hall–Kier alpha value is -1.78. The van der Waals surface area contributed by atoms with Crippen molar-refractivity contribution < 1.29 is 19.0 Å². The number of allylic oxidation sites excluding steroid dienone is 1. The molecule has 0 aromatic rings. The number of carbonyl (C=O) groups excluding carboxylic acids is 1. The van der Waals surface area contributed by atoms with Gasteiger partial charge in [-0.3, -0.25) is 0 Å². The molecule has 0 atom stereocenters. The number of hydrogen-bond donors (Lipinski definition) is 0. The van der Waals surface area contributed by atoms with Crippen LogP contribution >= 0.6 is 0 Å². The van der Waals surface area contributed by atoms with Crippen LogP contribution in [0.4, 0.5) is 0 Å². The quantitative estimate of drug-likeness (QED) is 0.586. The predicted octanol–water partition coefficient (Wildman–Crippen LogP) is 0.648. The van der Waals surface area contributed by atoms with Gasteiger partial charge < -0.3 is 14.9 Å². The van der Waals surface area contributed by atoms with E-state index in [2.05, 4.69) is 5.43 Å². The highest BCUT2D eigenvalue weighted by Gasteiger charge is 2.18.